The summed E-state index contributed by atoms with van der Waals surface area (Å²) in [5.41, 5.74) is 3.24. The predicted molar refractivity (Wildman–Crippen MR) is 101 cm³/mol. The highest BCUT2D eigenvalue weighted by Gasteiger charge is 2.50. The Labute approximate surface area is 158 Å². The van der Waals surface area contributed by atoms with Crippen LogP contribution in [0.25, 0.3) is 0 Å². The zero-order valence-electron chi connectivity index (χ0n) is 15.7. The lowest BCUT2D eigenvalue weighted by atomic mass is 9.70. The van der Waals surface area contributed by atoms with Crippen LogP contribution >= 0.6 is 0 Å². The van der Waals surface area contributed by atoms with Crippen LogP contribution in [0, 0.1) is 17.8 Å². The first-order valence-corrected chi connectivity index (χ1v) is 9.80. The van der Waals surface area contributed by atoms with Gasteiger partial charge in [-0.1, -0.05) is 50.3 Å². The largest absolute Gasteiger partial charge is 0.395 e. The second-order valence-electron chi connectivity index (χ2n) is 8.18. The topological polar surface area (TPSA) is 21.3 Å². The molecule has 0 radical (unpaired) electrons. The quantitative estimate of drug-likeness (QED) is 0.683. The van der Waals surface area contributed by atoms with Crippen LogP contribution in [0.5, 0.6) is 0 Å². The first kappa shape index (κ1) is 18.6. The molecule has 1 aromatic carbocycles. The van der Waals surface area contributed by atoms with Gasteiger partial charge >= 0.3 is 6.18 Å². The van der Waals surface area contributed by atoms with Crippen molar-refractivity contribution in [2.75, 3.05) is 11.9 Å². The van der Waals surface area contributed by atoms with Gasteiger partial charge in [0.1, 0.15) is 0 Å². The van der Waals surface area contributed by atoms with E-state index in [0.717, 1.165) is 24.1 Å². The van der Waals surface area contributed by atoms with Crippen molar-refractivity contribution in [3.8, 4) is 0 Å². The lowest BCUT2D eigenvalue weighted by molar-refractivity contribution is -0.174. The molecule has 2 nitrogen and oxygen atoms in total. The van der Waals surface area contributed by atoms with Gasteiger partial charge in [-0.15, -0.1) is 0 Å². The predicted octanol–water partition coefficient (Wildman–Crippen LogP) is 5.99. The van der Waals surface area contributed by atoms with Crippen LogP contribution in [0.3, 0.4) is 0 Å². The van der Waals surface area contributed by atoms with Crippen LogP contribution < -0.4 is 5.32 Å². The third-order valence-corrected chi connectivity index (χ3v) is 6.17. The molecule has 2 aliphatic heterocycles. The molecule has 0 aromatic heterocycles. The number of halogens is 3. The molecule has 0 amide bonds. The first-order valence-electron chi connectivity index (χ1n) is 9.80. The summed E-state index contributed by atoms with van der Waals surface area (Å²) in [5, 5.41) is 3.47. The average Bonchev–Trinajstić information content (AvgIpc) is 2.66. The number of fused-ring (bicyclic) bond motifs is 3. The Hall–Kier alpha value is -1.75. The molecule has 27 heavy (non-hydrogen) atoms. The smallest absolute Gasteiger partial charge is 0.381 e. The molecule has 1 aromatic rings. The number of alkyl halides is 3. The van der Waals surface area contributed by atoms with Crippen LogP contribution in [0.2, 0.25) is 0 Å². The van der Waals surface area contributed by atoms with Crippen molar-refractivity contribution in [3.05, 3.63) is 53.6 Å². The highest BCUT2D eigenvalue weighted by molar-refractivity contribution is 5.58. The fourth-order valence-corrected chi connectivity index (χ4v) is 4.76. The van der Waals surface area contributed by atoms with Gasteiger partial charge in [0, 0.05) is 35.7 Å². The van der Waals surface area contributed by atoms with Crippen LogP contribution in [0.15, 0.2) is 42.5 Å². The molecule has 0 saturated carbocycles. The number of hydrogen-bond acceptors (Lipinski definition) is 2. The Morgan fingerprint density at radius 2 is 1.93 bits per heavy atom. The molecular formula is C22H26F3NO. The van der Waals surface area contributed by atoms with Crippen LogP contribution in [-0.2, 0) is 4.74 Å². The normalized spacial score (nSPS) is 32.7. The molecule has 2 heterocycles. The van der Waals surface area contributed by atoms with Gasteiger partial charge in [-0.25, -0.2) is 0 Å². The second-order valence-corrected chi connectivity index (χ2v) is 8.18. The molecule has 146 valence electrons. The van der Waals surface area contributed by atoms with Crippen molar-refractivity contribution in [2.24, 2.45) is 17.8 Å². The monoisotopic (exact) mass is 377 g/mol. The summed E-state index contributed by atoms with van der Waals surface area (Å²) >= 11 is 0. The minimum absolute atomic E-state index is 0.0414. The van der Waals surface area contributed by atoms with Crippen LogP contribution in [0.4, 0.5) is 18.9 Å². The summed E-state index contributed by atoms with van der Waals surface area (Å²) in [7, 11) is 0. The summed E-state index contributed by atoms with van der Waals surface area (Å²) < 4.78 is 47.1. The Bertz CT molecular complexity index is 752. The van der Waals surface area contributed by atoms with E-state index >= 15 is 0 Å². The number of anilines is 1. The van der Waals surface area contributed by atoms with Crippen molar-refractivity contribution < 1.29 is 17.9 Å². The zero-order valence-corrected chi connectivity index (χ0v) is 15.7. The number of nitrogens with one attached hydrogen (secondary N) is 1. The van der Waals surface area contributed by atoms with Crippen LogP contribution in [0.1, 0.15) is 49.8 Å². The van der Waals surface area contributed by atoms with Crippen molar-refractivity contribution >= 4 is 5.69 Å². The van der Waals surface area contributed by atoms with Gasteiger partial charge in [-0.05, 0) is 30.4 Å². The third-order valence-electron chi connectivity index (χ3n) is 6.17. The Morgan fingerprint density at radius 3 is 2.67 bits per heavy atom. The molecule has 1 N–H and O–H groups in total. The van der Waals surface area contributed by atoms with Gasteiger partial charge in [0.2, 0.25) is 0 Å². The van der Waals surface area contributed by atoms with Gasteiger partial charge in [0.05, 0.1) is 12.0 Å². The SMILES string of the molecule is CC(C)c1ccc2c(c1)[C@H]1OCCC[C@H]1[C@H](C1C=CC=CC1C(F)(F)F)N2. The van der Waals surface area contributed by atoms with Crippen molar-refractivity contribution in [1.29, 1.82) is 0 Å². The molecule has 1 fully saturated rings. The number of rotatable bonds is 2. The summed E-state index contributed by atoms with van der Waals surface area (Å²) in [6, 6.07) is 5.95. The highest BCUT2D eigenvalue weighted by Crippen LogP contribution is 2.49. The minimum Gasteiger partial charge on any atom is -0.381 e. The zero-order chi connectivity index (χ0) is 19.2. The Balaban J connectivity index is 1.72. The fraction of sp³-hybridized carbons (Fsp3) is 0.545. The molecular weight excluding hydrogens is 351 g/mol. The summed E-state index contributed by atoms with van der Waals surface area (Å²) in [6.07, 6.45) is 3.65. The Kier molecular flexibility index (Phi) is 4.83. The van der Waals surface area contributed by atoms with E-state index in [1.54, 1.807) is 12.2 Å². The number of ether oxygens (including phenoxy) is 1. The van der Waals surface area contributed by atoms with Gasteiger partial charge in [0.15, 0.2) is 0 Å². The lowest BCUT2D eigenvalue weighted by Crippen LogP contribution is -2.49. The molecule has 4 rings (SSSR count). The number of benzene rings is 1. The van der Waals surface area contributed by atoms with E-state index < -0.39 is 18.0 Å². The molecule has 3 aliphatic rings. The molecule has 0 bridgehead atoms. The molecule has 5 heteroatoms. The van der Waals surface area contributed by atoms with Gasteiger partial charge < -0.3 is 10.1 Å². The van der Waals surface area contributed by atoms with Gasteiger partial charge in [0.25, 0.3) is 0 Å². The maximum Gasteiger partial charge on any atom is 0.395 e. The van der Waals surface area contributed by atoms with E-state index in [1.807, 2.05) is 6.07 Å². The molecule has 0 spiro atoms. The van der Waals surface area contributed by atoms with E-state index in [4.69, 9.17) is 4.74 Å². The third kappa shape index (κ3) is 3.42. The fourth-order valence-electron chi connectivity index (χ4n) is 4.76. The molecule has 1 aliphatic carbocycles. The minimum atomic E-state index is -4.25. The maximum atomic E-state index is 13.7. The summed E-state index contributed by atoms with van der Waals surface area (Å²) in [4.78, 5) is 0. The first-order chi connectivity index (χ1) is 12.9. The second kappa shape index (κ2) is 7.01. The van der Waals surface area contributed by atoms with Crippen molar-refractivity contribution in [1.82, 2.24) is 0 Å². The van der Waals surface area contributed by atoms with E-state index in [2.05, 4.69) is 31.3 Å². The van der Waals surface area contributed by atoms with E-state index in [9.17, 15) is 13.2 Å². The van der Waals surface area contributed by atoms with E-state index in [-0.39, 0.29) is 18.1 Å². The molecule has 1 saturated heterocycles. The molecule has 2 unspecified atom stereocenters. The highest BCUT2D eigenvalue weighted by atomic mass is 19.4. The maximum absolute atomic E-state index is 13.7. The van der Waals surface area contributed by atoms with Crippen molar-refractivity contribution in [2.45, 2.75) is 50.9 Å². The number of allylic oxidation sites excluding steroid dienone is 3. The van der Waals surface area contributed by atoms with Gasteiger partial charge in [-0.2, -0.15) is 13.2 Å². The van der Waals surface area contributed by atoms with E-state index in [0.29, 0.717) is 12.5 Å². The standard InChI is InChI=1S/C22H26F3NO/c1-13(2)14-9-10-19-17(12-14)21-16(7-5-11-27-21)20(26-19)15-6-3-4-8-18(15)22(23,24)25/h3-4,6,8-10,12-13,15-16,18,20-21,26H,5,7,11H2,1-2H3/t15?,16-,18?,20-,21-/m0/s1. The van der Waals surface area contributed by atoms with Gasteiger partial charge in [-0.3, -0.25) is 0 Å². The lowest BCUT2D eigenvalue weighted by Gasteiger charge is -2.47. The average molecular weight is 377 g/mol. The summed E-state index contributed by atoms with van der Waals surface area (Å²) in [6.45, 7) is 4.96. The summed E-state index contributed by atoms with van der Waals surface area (Å²) in [5.74, 6) is -1.64. The molecule has 5 atom stereocenters. The Morgan fingerprint density at radius 1 is 1.15 bits per heavy atom. The van der Waals surface area contributed by atoms with E-state index in [1.165, 1.54) is 17.7 Å². The van der Waals surface area contributed by atoms with Crippen LogP contribution in [-0.4, -0.2) is 18.8 Å². The number of hydrogen-bond donors (Lipinski definition) is 1. The van der Waals surface area contributed by atoms with Crippen molar-refractivity contribution in [3.63, 3.8) is 0 Å².